The number of hydrogen-bond acceptors (Lipinski definition) is 1. The summed E-state index contributed by atoms with van der Waals surface area (Å²) in [6, 6.07) is 3.18. The smallest absolute Gasteiger partial charge is 0.200 e. The highest BCUT2D eigenvalue weighted by Crippen LogP contribution is 2.54. The Balaban J connectivity index is 2.25. The third kappa shape index (κ3) is 3.99. The van der Waals surface area contributed by atoms with Gasteiger partial charge in [-0.1, -0.05) is 24.3 Å². The van der Waals surface area contributed by atoms with Crippen LogP contribution in [0.1, 0.15) is 0 Å². The molecule has 5 rings (SSSR count). The predicted molar refractivity (Wildman–Crippen MR) is 121 cm³/mol. The molecule has 0 heterocycles. The first kappa shape index (κ1) is 30.6. The minimum Gasteiger partial charge on any atom is -0.507 e. The molecule has 0 saturated carbocycles. The van der Waals surface area contributed by atoms with Gasteiger partial charge < -0.3 is 5.11 Å². The summed E-state index contributed by atoms with van der Waals surface area (Å²) in [6.07, 6.45) is 0. The lowest BCUT2D eigenvalue weighted by Crippen LogP contribution is -2.11. The Bertz CT molecular complexity index is 2000. The van der Waals surface area contributed by atoms with E-state index in [1.807, 2.05) is 0 Å². The average Bonchev–Trinajstić information content (AvgIpc) is 3.01. The average molecular weight is 642 g/mol. The first-order valence-electron chi connectivity index (χ1n) is 11.4. The Morgan fingerprint density at radius 1 is 0.273 bits per heavy atom. The molecule has 0 amide bonds. The van der Waals surface area contributed by atoms with Crippen molar-refractivity contribution < 1.29 is 71.0 Å². The Kier molecular flexibility index (Phi) is 7.21. The van der Waals surface area contributed by atoms with Gasteiger partial charge in [0.15, 0.2) is 69.8 Å². The predicted octanol–water partition coefficient (Wildman–Crippen LogP) is 9.63. The van der Waals surface area contributed by atoms with Crippen LogP contribution in [0.15, 0.2) is 24.3 Å². The summed E-state index contributed by atoms with van der Waals surface area (Å²) in [5.41, 5.74) is -12.9. The minimum absolute atomic E-state index is 0.639. The van der Waals surface area contributed by atoms with Crippen LogP contribution in [0.5, 0.6) is 5.75 Å². The maximum Gasteiger partial charge on any atom is 0.200 e. The summed E-state index contributed by atoms with van der Waals surface area (Å²) in [5, 5.41) is 9.05. The largest absolute Gasteiger partial charge is 0.507 e. The molecule has 0 radical (unpaired) electrons. The zero-order chi connectivity index (χ0) is 32.7. The molecule has 1 N–H and O–H groups in total. The van der Waals surface area contributed by atoms with E-state index in [4.69, 9.17) is 0 Å². The summed E-state index contributed by atoms with van der Waals surface area (Å²) >= 11 is 0. The van der Waals surface area contributed by atoms with Gasteiger partial charge in [0.2, 0.25) is 17.5 Å². The molecule has 0 aliphatic heterocycles. The van der Waals surface area contributed by atoms with Gasteiger partial charge >= 0.3 is 0 Å². The molecule has 0 saturated heterocycles. The Morgan fingerprint density at radius 3 is 0.864 bits per heavy atom. The monoisotopic (exact) mass is 642 g/mol. The van der Waals surface area contributed by atoms with Crippen LogP contribution in [0.2, 0.25) is 0 Å². The zero-order valence-electron chi connectivity index (χ0n) is 20.4. The summed E-state index contributed by atoms with van der Waals surface area (Å²) < 4.78 is 219. The highest BCUT2D eigenvalue weighted by molar-refractivity contribution is 6.14. The molecule has 0 bridgehead atoms. The molecule has 0 unspecified atom stereocenters. The van der Waals surface area contributed by atoms with Crippen molar-refractivity contribution in [2.24, 2.45) is 0 Å². The lowest BCUT2D eigenvalue weighted by molar-refractivity contribution is 0.379. The van der Waals surface area contributed by atoms with Gasteiger partial charge in [-0.2, -0.15) is 0 Å². The van der Waals surface area contributed by atoms with Gasteiger partial charge in [-0.15, -0.1) is 0 Å². The quantitative estimate of drug-likeness (QED) is 0.118. The summed E-state index contributed by atoms with van der Waals surface area (Å²) in [4.78, 5) is 0. The zero-order valence-corrected chi connectivity index (χ0v) is 20.4. The second kappa shape index (κ2) is 10.4. The van der Waals surface area contributed by atoms with E-state index >= 15 is 26.3 Å². The Hall–Kier alpha value is -4.89. The van der Waals surface area contributed by atoms with Crippen molar-refractivity contribution in [1.82, 2.24) is 0 Å². The first-order valence-corrected chi connectivity index (χ1v) is 11.4. The molecule has 0 aliphatic carbocycles. The molecule has 0 atom stereocenters. The second-order valence-corrected chi connectivity index (χ2v) is 8.85. The molecule has 0 spiro atoms. The summed E-state index contributed by atoms with van der Waals surface area (Å²) in [6.45, 7) is 0. The van der Waals surface area contributed by atoms with Crippen LogP contribution in [-0.4, -0.2) is 5.11 Å². The molecular weight excluding hydrogens is 637 g/mol. The van der Waals surface area contributed by atoms with Crippen LogP contribution in [0, 0.1) is 87.3 Å². The maximum absolute atomic E-state index is 15.3. The summed E-state index contributed by atoms with van der Waals surface area (Å²) in [5.74, 6) is -44.4. The summed E-state index contributed by atoms with van der Waals surface area (Å²) in [7, 11) is 0. The fourth-order valence-corrected chi connectivity index (χ4v) is 4.65. The molecule has 5 aromatic carbocycles. The van der Waals surface area contributed by atoms with Gasteiger partial charge in [0, 0.05) is 22.1 Å². The molecular formula is C28H5F15O. The van der Waals surface area contributed by atoms with E-state index in [0.717, 1.165) is 12.1 Å². The third-order valence-corrected chi connectivity index (χ3v) is 6.57. The van der Waals surface area contributed by atoms with Gasteiger partial charge in [0.05, 0.1) is 16.7 Å². The molecule has 44 heavy (non-hydrogen) atoms. The van der Waals surface area contributed by atoms with E-state index < -0.39 is 137 Å². The van der Waals surface area contributed by atoms with Gasteiger partial charge in [-0.3, -0.25) is 0 Å². The molecule has 0 aromatic heterocycles. The standard InChI is InChI=1S/C28H5F15O/c29-13-10(14(30)20(36)25(41)19(13)35)7-5-3-1-2-4-6(5)28(44)9(12-17(33)23(39)27(43)24(40)18(12)34)8(7)11-15(31)21(37)26(42)22(38)16(11)32/h1-4,44H. The van der Waals surface area contributed by atoms with E-state index in [9.17, 15) is 44.6 Å². The van der Waals surface area contributed by atoms with Gasteiger partial charge in [0.25, 0.3) is 0 Å². The van der Waals surface area contributed by atoms with E-state index in [1.54, 1.807) is 0 Å². The lowest BCUT2D eigenvalue weighted by atomic mass is 9.82. The number of halogens is 15. The van der Waals surface area contributed by atoms with Crippen LogP contribution in [-0.2, 0) is 0 Å². The van der Waals surface area contributed by atoms with Crippen molar-refractivity contribution in [1.29, 1.82) is 0 Å². The molecule has 228 valence electrons. The fraction of sp³-hybridized carbons (Fsp3) is 0. The lowest BCUT2D eigenvalue weighted by Gasteiger charge is -2.23. The van der Waals surface area contributed by atoms with Gasteiger partial charge in [-0.25, -0.2) is 65.9 Å². The third-order valence-electron chi connectivity index (χ3n) is 6.57. The number of benzene rings is 5. The second-order valence-electron chi connectivity index (χ2n) is 8.85. The van der Waals surface area contributed by atoms with Crippen LogP contribution in [0.25, 0.3) is 44.2 Å². The number of aromatic hydroxyl groups is 1. The molecule has 5 aromatic rings. The van der Waals surface area contributed by atoms with Crippen molar-refractivity contribution >= 4 is 10.8 Å². The Morgan fingerprint density at radius 2 is 0.523 bits per heavy atom. The van der Waals surface area contributed by atoms with Crippen LogP contribution < -0.4 is 0 Å². The van der Waals surface area contributed by atoms with Crippen molar-refractivity contribution in [3.05, 3.63) is 112 Å². The van der Waals surface area contributed by atoms with Gasteiger partial charge in [0.1, 0.15) is 5.75 Å². The SMILES string of the molecule is Oc1c(-c2c(F)c(F)c(F)c(F)c2F)c(-c2c(F)c(F)c(F)c(F)c2F)c(-c2c(F)c(F)c(F)c(F)c2F)c2ccccc12. The molecule has 1 nitrogen and oxygen atoms in total. The normalized spacial score (nSPS) is 11.6. The van der Waals surface area contributed by atoms with E-state index in [-0.39, 0.29) is 0 Å². The van der Waals surface area contributed by atoms with E-state index in [2.05, 4.69) is 0 Å². The minimum atomic E-state index is -2.92. The highest BCUT2D eigenvalue weighted by Gasteiger charge is 2.39. The maximum atomic E-state index is 15.3. The fourth-order valence-electron chi connectivity index (χ4n) is 4.65. The van der Waals surface area contributed by atoms with E-state index in [0.29, 0.717) is 12.1 Å². The number of hydrogen-bond donors (Lipinski definition) is 1. The van der Waals surface area contributed by atoms with Crippen LogP contribution >= 0.6 is 0 Å². The molecule has 0 aliphatic rings. The van der Waals surface area contributed by atoms with E-state index in [1.165, 1.54) is 0 Å². The van der Waals surface area contributed by atoms with Crippen molar-refractivity contribution in [2.45, 2.75) is 0 Å². The van der Waals surface area contributed by atoms with Crippen molar-refractivity contribution in [3.63, 3.8) is 0 Å². The van der Waals surface area contributed by atoms with Crippen LogP contribution in [0.3, 0.4) is 0 Å². The number of phenols is 1. The van der Waals surface area contributed by atoms with Crippen LogP contribution in [0.4, 0.5) is 65.9 Å². The number of fused-ring (bicyclic) bond motifs is 1. The Labute approximate surface area is 233 Å². The van der Waals surface area contributed by atoms with Crippen molar-refractivity contribution in [3.8, 4) is 39.1 Å². The topological polar surface area (TPSA) is 20.2 Å². The number of phenolic OH excluding ortho intramolecular Hbond substituents is 1. The first-order chi connectivity index (χ1) is 20.6. The van der Waals surface area contributed by atoms with Crippen molar-refractivity contribution in [2.75, 3.05) is 0 Å². The molecule has 16 heteroatoms. The number of rotatable bonds is 3. The molecule has 0 fully saturated rings. The van der Waals surface area contributed by atoms with Gasteiger partial charge in [-0.05, 0) is 5.39 Å². The highest BCUT2D eigenvalue weighted by atomic mass is 19.2.